The van der Waals surface area contributed by atoms with Gasteiger partial charge in [-0.15, -0.1) is 0 Å². The standard InChI is InChI=1S/C9H13N3O/c1-13-8-5-10-6-12-9(8)11-4-7-2-3-7/h5-7H,2-4H2,1H3,(H,10,11,12). The van der Waals surface area contributed by atoms with Crippen molar-refractivity contribution in [2.24, 2.45) is 5.92 Å². The highest BCUT2D eigenvalue weighted by Gasteiger charge is 2.21. The van der Waals surface area contributed by atoms with Gasteiger partial charge in [0.25, 0.3) is 0 Å². The molecule has 4 nitrogen and oxygen atoms in total. The number of hydrogen-bond acceptors (Lipinski definition) is 4. The largest absolute Gasteiger partial charge is 0.491 e. The van der Waals surface area contributed by atoms with Crippen LogP contribution in [-0.4, -0.2) is 23.6 Å². The molecule has 0 spiro atoms. The van der Waals surface area contributed by atoms with Gasteiger partial charge in [0.15, 0.2) is 11.6 Å². The Morgan fingerprint density at radius 2 is 2.46 bits per heavy atom. The molecule has 0 atom stereocenters. The van der Waals surface area contributed by atoms with Crippen molar-refractivity contribution in [1.29, 1.82) is 0 Å². The Morgan fingerprint density at radius 1 is 1.62 bits per heavy atom. The normalized spacial score (nSPS) is 15.5. The van der Waals surface area contributed by atoms with Gasteiger partial charge in [-0.2, -0.15) is 0 Å². The average Bonchev–Trinajstić information content (AvgIpc) is 2.99. The summed E-state index contributed by atoms with van der Waals surface area (Å²) >= 11 is 0. The smallest absolute Gasteiger partial charge is 0.179 e. The Labute approximate surface area is 77.4 Å². The van der Waals surface area contributed by atoms with E-state index < -0.39 is 0 Å². The monoisotopic (exact) mass is 179 g/mol. The Hall–Kier alpha value is -1.32. The van der Waals surface area contributed by atoms with Gasteiger partial charge in [0, 0.05) is 6.54 Å². The first-order valence-corrected chi connectivity index (χ1v) is 4.48. The summed E-state index contributed by atoms with van der Waals surface area (Å²) in [5, 5.41) is 3.25. The van der Waals surface area contributed by atoms with E-state index in [1.807, 2.05) is 0 Å². The molecule has 4 heteroatoms. The molecule has 0 saturated heterocycles. The van der Waals surface area contributed by atoms with Gasteiger partial charge in [0.1, 0.15) is 6.33 Å². The molecule has 0 aliphatic heterocycles. The van der Waals surface area contributed by atoms with Gasteiger partial charge in [-0.05, 0) is 18.8 Å². The van der Waals surface area contributed by atoms with E-state index in [4.69, 9.17) is 4.74 Å². The topological polar surface area (TPSA) is 47.0 Å². The van der Waals surface area contributed by atoms with Crippen LogP contribution < -0.4 is 10.1 Å². The molecule has 1 heterocycles. The summed E-state index contributed by atoms with van der Waals surface area (Å²) in [6.45, 7) is 0.993. The number of ether oxygens (including phenoxy) is 1. The van der Waals surface area contributed by atoms with E-state index in [1.165, 1.54) is 19.2 Å². The highest BCUT2D eigenvalue weighted by Crippen LogP contribution is 2.29. The van der Waals surface area contributed by atoms with E-state index in [-0.39, 0.29) is 0 Å². The predicted molar refractivity (Wildman–Crippen MR) is 49.8 cm³/mol. The second-order valence-electron chi connectivity index (χ2n) is 3.26. The highest BCUT2D eigenvalue weighted by molar-refractivity contribution is 5.47. The maximum absolute atomic E-state index is 5.11. The third-order valence-electron chi connectivity index (χ3n) is 2.15. The van der Waals surface area contributed by atoms with Crippen LogP contribution >= 0.6 is 0 Å². The van der Waals surface area contributed by atoms with Crippen LogP contribution in [0, 0.1) is 5.92 Å². The summed E-state index contributed by atoms with van der Waals surface area (Å²) in [5.41, 5.74) is 0. The van der Waals surface area contributed by atoms with Crippen molar-refractivity contribution in [3.63, 3.8) is 0 Å². The van der Waals surface area contributed by atoms with Crippen molar-refractivity contribution < 1.29 is 4.74 Å². The molecule has 1 aliphatic rings. The molecule has 0 radical (unpaired) electrons. The SMILES string of the molecule is COc1cncnc1NCC1CC1. The van der Waals surface area contributed by atoms with Crippen molar-refractivity contribution >= 4 is 5.82 Å². The van der Waals surface area contributed by atoms with Crippen molar-refractivity contribution in [2.75, 3.05) is 19.0 Å². The first-order chi connectivity index (χ1) is 6.40. The number of hydrogen-bond donors (Lipinski definition) is 1. The van der Waals surface area contributed by atoms with E-state index >= 15 is 0 Å². The molecule has 0 unspecified atom stereocenters. The highest BCUT2D eigenvalue weighted by atomic mass is 16.5. The molecular formula is C9H13N3O. The molecule has 1 fully saturated rings. The van der Waals surface area contributed by atoms with E-state index in [1.54, 1.807) is 13.3 Å². The first-order valence-electron chi connectivity index (χ1n) is 4.48. The molecular weight excluding hydrogens is 166 g/mol. The van der Waals surface area contributed by atoms with Gasteiger partial charge in [-0.1, -0.05) is 0 Å². The van der Waals surface area contributed by atoms with Crippen LogP contribution in [0.3, 0.4) is 0 Å². The van der Waals surface area contributed by atoms with Gasteiger partial charge in [-0.3, -0.25) is 0 Å². The van der Waals surface area contributed by atoms with Crippen molar-refractivity contribution in [1.82, 2.24) is 9.97 Å². The lowest BCUT2D eigenvalue weighted by Crippen LogP contribution is -2.06. The lowest BCUT2D eigenvalue weighted by molar-refractivity contribution is 0.412. The maximum Gasteiger partial charge on any atom is 0.179 e. The zero-order chi connectivity index (χ0) is 9.10. The molecule has 1 saturated carbocycles. The lowest BCUT2D eigenvalue weighted by Gasteiger charge is -2.07. The fourth-order valence-electron chi connectivity index (χ4n) is 1.16. The Kier molecular flexibility index (Phi) is 2.29. The third-order valence-corrected chi connectivity index (χ3v) is 2.15. The number of nitrogens with one attached hydrogen (secondary N) is 1. The van der Waals surface area contributed by atoms with E-state index in [0.29, 0.717) is 5.75 Å². The number of methoxy groups -OCH3 is 1. The summed E-state index contributed by atoms with van der Waals surface area (Å²) in [7, 11) is 1.63. The Balaban J connectivity index is 1.99. The van der Waals surface area contributed by atoms with Gasteiger partial charge in [0.05, 0.1) is 13.3 Å². The Bertz CT molecular complexity index is 286. The van der Waals surface area contributed by atoms with Crippen molar-refractivity contribution in [3.05, 3.63) is 12.5 Å². The number of nitrogens with zero attached hydrogens (tertiary/aromatic N) is 2. The van der Waals surface area contributed by atoms with E-state index in [0.717, 1.165) is 18.3 Å². The van der Waals surface area contributed by atoms with Gasteiger partial charge in [-0.25, -0.2) is 9.97 Å². The van der Waals surface area contributed by atoms with Crippen molar-refractivity contribution in [3.8, 4) is 5.75 Å². The second-order valence-corrected chi connectivity index (χ2v) is 3.26. The summed E-state index contributed by atoms with van der Waals surface area (Å²) in [5.74, 6) is 2.34. The minimum Gasteiger partial charge on any atom is -0.491 e. The van der Waals surface area contributed by atoms with Crippen LogP contribution in [0.2, 0.25) is 0 Å². The molecule has 13 heavy (non-hydrogen) atoms. The molecule has 0 amide bonds. The maximum atomic E-state index is 5.11. The van der Waals surface area contributed by atoms with Gasteiger partial charge >= 0.3 is 0 Å². The molecule has 1 aliphatic carbocycles. The van der Waals surface area contributed by atoms with Crippen molar-refractivity contribution in [2.45, 2.75) is 12.8 Å². The summed E-state index contributed by atoms with van der Waals surface area (Å²) in [6, 6.07) is 0. The quantitative estimate of drug-likeness (QED) is 0.757. The average molecular weight is 179 g/mol. The zero-order valence-corrected chi connectivity index (χ0v) is 7.66. The molecule has 2 rings (SSSR count). The minimum absolute atomic E-state index is 0.711. The zero-order valence-electron chi connectivity index (χ0n) is 7.66. The fourth-order valence-corrected chi connectivity index (χ4v) is 1.16. The summed E-state index contributed by atoms with van der Waals surface area (Å²) in [6.07, 6.45) is 5.86. The van der Waals surface area contributed by atoms with Gasteiger partial charge < -0.3 is 10.1 Å². The number of aromatic nitrogens is 2. The Morgan fingerprint density at radius 3 is 3.15 bits per heavy atom. The fraction of sp³-hybridized carbons (Fsp3) is 0.556. The summed E-state index contributed by atoms with van der Waals surface area (Å²) in [4.78, 5) is 7.98. The van der Waals surface area contributed by atoms with Crippen LogP contribution in [0.15, 0.2) is 12.5 Å². The number of anilines is 1. The molecule has 1 N–H and O–H groups in total. The van der Waals surface area contributed by atoms with E-state index in [9.17, 15) is 0 Å². The van der Waals surface area contributed by atoms with Crippen LogP contribution in [0.5, 0.6) is 5.75 Å². The molecule has 0 aromatic carbocycles. The summed E-state index contributed by atoms with van der Waals surface area (Å²) < 4.78 is 5.11. The third kappa shape index (κ3) is 2.08. The van der Waals surface area contributed by atoms with Crippen LogP contribution in [0.4, 0.5) is 5.82 Å². The van der Waals surface area contributed by atoms with E-state index in [2.05, 4.69) is 15.3 Å². The van der Waals surface area contributed by atoms with Crippen LogP contribution in [-0.2, 0) is 0 Å². The van der Waals surface area contributed by atoms with Crippen LogP contribution in [0.25, 0.3) is 0 Å². The van der Waals surface area contributed by atoms with Crippen LogP contribution in [0.1, 0.15) is 12.8 Å². The molecule has 70 valence electrons. The molecule has 1 aromatic rings. The van der Waals surface area contributed by atoms with Gasteiger partial charge in [0.2, 0.25) is 0 Å². The molecule has 1 aromatic heterocycles. The molecule has 0 bridgehead atoms. The number of rotatable bonds is 4. The lowest BCUT2D eigenvalue weighted by atomic mass is 10.4. The predicted octanol–water partition coefficient (Wildman–Crippen LogP) is 1.31. The minimum atomic E-state index is 0.711. The second kappa shape index (κ2) is 3.60. The first kappa shape index (κ1) is 8.29.